The first-order chi connectivity index (χ1) is 29.5. The van der Waals surface area contributed by atoms with E-state index >= 15 is 0 Å². The van der Waals surface area contributed by atoms with Crippen molar-refractivity contribution >= 4 is 13.7 Å². The first-order valence-electron chi connectivity index (χ1n) is 23.7. The number of likely N-dealkylation sites (N-methyl/N-ethyl adjacent to an activating group) is 1. The summed E-state index contributed by atoms with van der Waals surface area (Å²) in [5, 5.41) is 13.5. The summed E-state index contributed by atoms with van der Waals surface area (Å²) in [5.74, 6) is -0.218. The van der Waals surface area contributed by atoms with E-state index < -0.39 is 26.6 Å². The largest absolute Gasteiger partial charge is 0.756 e. The third-order valence-corrected chi connectivity index (χ3v) is 10.7. The zero-order valence-corrected chi connectivity index (χ0v) is 40.2. The highest BCUT2D eigenvalue weighted by atomic mass is 31.2. The van der Waals surface area contributed by atoms with Gasteiger partial charge in [0, 0.05) is 6.42 Å². The minimum atomic E-state index is -4.58. The van der Waals surface area contributed by atoms with E-state index in [1.54, 1.807) is 6.08 Å². The molecular formula is C52H89N2O6P. The summed E-state index contributed by atoms with van der Waals surface area (Å²) in [7, 11) is 1.23. The Hall–Kier alpha value is -2.84. The number of unbranched alkanes of at least 4 members (excludes halogenated alkanes) is 12. The van der Waals surface area contributed by atoms with Crippen molar-refractivity contribution in [3.63, 3.8) is 0 Å². The number of carbonyl (C=O) groups is 1. The van der Waals surface area contributed by atoms with Crippen molar-refractivity contribution in [2.75, 3.05) is 40.9 Å². The van der Waals surface area contributed by atoms with Gasteiger partial charge >= 0.3 is 0 Å². The molecule has 0 aromatic heterocycles. The molecule has 61 heavy (non-hydrogen) atoms. The Morgan fingerprint density at radius 3 is 1.44 bits per heavy atom. The highest BCUT2D eigenvalue weighted by Gasteiger charge is 2.23. The number of allylic oxidation sites excluding steroid dienone is 17. The molecule has 0 aliphatic rings. The molecule has 0 bridgehead atoms. The molecule has 0 rings (SSSR count). The lowest BCUT2D eigenvalue weighted by molar-refractivity contribution is -0.870. The fraction of sp³-hybridized carbons (Fsp3) is 0.635. The van der Waals surface area contributed by atoms with Crippen LogP contribution in [0.1, 0.15) is 162 Å². The number of hydrogen-bond donors (Lipinski definition) is 2. The summed E-state index contributed by atoms with van der Waals surface area (Å²) in [5.41, 5.74) is 0. The molecule has 0 aromatic rings. The van der Waals surface area contributed by atoms with Crippen LogP contribution in [0, 0.1) is 0 Å². The normalized spacial score (nSPS) is 15.2. The van der Waals surface area contributed by atoms with Crippen molar-refractivity contribution in [1.82, 2.24) is 5.32 Å². The maximum absolute atomic E-state index is 12.7. The first kappa shape index (κ1) is 58.2. The van der Waals surface area contributed by atoms with Crippen LogP contribution in [0.15, 0.2) is 109 Å². The molecule has 0 aromatic carbocycles. The van der Waals surface area contributed by atoms with Gasteiger partial charge in [0.2, 0.25) is 5.91 Å². The lowest BCUT2D eigenvalue weighted by atomic mass is 10.0. The smallest absolute Gasteiger partial charge is 0.268 e. The van der Waals surface area contributed by atoms with Gasteiger partial charge in [0.15, 0.2) is 0 Å². The maximum atomic E-state index is 12.7. The van der Waals surface area contributed by atoms with Crippen molar-refractivity contribution in [1.29, 1.82) is 0 Å². The third kappa shape index (κ3) is 45.0. The number of carbonyl (C=O) groups excluding carboxylic acids is 1. The topological polar surface area (TPSA) is 108 Å². The SMILES string of the molecule is CC/C=C\C/C=C\C/C=C\C/C=C\C/C=C\C/C=C\C/C=C\C/C=C\CCCCCCCCCCCCC(=O)NC(COP(=O)([O-])OCC[N+](C)(C)C)C(O)/C=C/CCCC. The van der Waals surface area contributed by atoms with E-state index in [1.165, 1.54) is 44.9 Å². The average Bonchev–Trinajstić information content (AvgIpc) is 3.21. The second kappa shape index (κ2) is 42.5. The molecule has 0 aliphatic heterocycles. The summed E-state index contributed by atoms with van der Waals surface area (Å²) < 4.78 is 22.9. The van der Waals surface area contributed by atoms with Crippen LogP contribution in [0.5, 0.6) is 0 Å². The van der Waals surface area contributed by atoms with Gasteiger partial charge in [0.25, 0.3) is 7.82 Å². The van der Waals surface area contributed by atoms with Crippen molar-refractivity contribution in [3.8, 4) is 0 Å². The number of rotatable bonds is 41. The standard InChI is InChI=1S/C52H89N2O6P/c1-6-8-10-12-13-14-15-16-17-18-19-20-21-22-23-24-25-26-27-28-29-30-31-32-33-34-35-36-37-38-39-40-41-42-44-46-52(56)53-50(51(55)45-43-11-9-7-2)49-60-61(57,58)59-48-47-54(3,4)5/h8,10,13-14,16-17,19-20,22-23,25-26,28-29,31-32,43,45,50-51,55H,6-7,9,11-12,15,18,21,24,27,30,33-42,44,46-49H2,1-5H3,(H-,53,56,57,58)/b10-8-,14-13-,17-16-,20-19-,23-22-,26-25-,29-28-,32-31-,45-43+. The molecule has 348 valence electrons. The van der Waals surface area contributed by atoms with E-state index in [0.717, 1.165) is 96.3 Å². The molecule has 3 atom stereocenters. The van der Waals surface area contributed by atoms with Gasteiger partial charge in [0.1, 0.15) is 13.2 Å². The summed E-state index contributed by atoms with van der Waals surface area (Å²) in [6.45, 7) is 4.34. The Bertz CT molecular complexity index is 1350. The van der Waals surface area contributed by atoms with E-state index in [2.05, 4.69) is 116 Å². The predicted octanol–water partition coefficient (Wildman–Crippen LogP) is 13.1. The van der Waals surface area contributed by atoms with Crippen molar-refractivity contribution in [2.45, 2.75) is 174 Å². The van der Waals surface area contributed by atoms with E-state index in [9.17, 15) is 19.4 Å². The van der Waals surface area contributed by atoms with Gasteiger partial charge in [-0.1, -0.05) is 187 Å². The fourth-order valence-electron chi connectivity index (χ4n) is 5.98. The fourth-order valence-corrected chi connectivity index (χ4v) is 6.70. The molecule has 0 aliphatic carbocycles. The van der Waals surface area contributed by atoms with Crippen molar-refractivity contribution in [3.05, 3.63) is 109 Å². The molecule has 1 amide bonds. The summed E-state index contributed by atoms with van der Waals surface area (Å²) >= 11 is 0. The number of nitrogens with one attached hydrogen (secondary N) is 1. The molecule has 0 radical (unpaired) electrons. The summed E-state index contributed by atoms with van der Waals surface area (Å²) in [4.78, 5) is 25.0. The van der Waals surface area contributed by atoms with Crippen LogP contribution in [-0.4, -0.2) is 68.5 Å². The number of aliphatic hydroxyl groups excluding tert-OH is 1. The number of quaternary nitrogens is 1. The van der Waals surface area contributed by atoms with Gasteiger partial charge in [-0.05, 0) is 77.0 Å². The van der Waals surface area contributed by atoms with Gasteiger partial charge < -0.3 is 28.8 Å². The summed E-state index contributed by atoms with van der Waals surface area (Å²) in [6, 6.07) is -0.891. The van der Waals surface area contributed by atoms with Crippen LogP contribution in [0.25, 0.3) is 0 Å². The molecule has 0 heterocycles. The zero-order valence-electron chi connectivity index (χ0n) is 39.3. The Labute approximate surface area is 374 Å². The van der Waals surface area contributed by atoms with Crippen LogP contribution < -0.4 is 10.2 Å². The minimum Gasteiger partial charge on any atom is -0.756 e. The molecule has 0 saturated carbocycles. The van der Waals surface area contributed by atoms with Crippen LogP contribution >= 0.6 is 7.82 Å². The predicted molar refractivity (Wildman–Crippen MR) is 260 cm³/mol. The van der Waals surface area contributed by atoms with Gasteiger partial charge in [-0.3, -0.25) is 9.36 Å². The van der Waals surface area contributed by atoms with E-state index in [-0.39, 0.29) is 12.5 Å². The number of nitrogens with zero attached hydrogens (tertiary/aromatic N) is 1. The second-order valence-corrected chi connectivity index (χ2v) is 18.1. The molecule has 0 saturated heterocycles. The third-order valence-electron chi connectivity index (χ3n) is 9.74. The van der Waals surface area contributed by atoms with Crippen LogP contribution in [-0.2, 0) is 18.4 Å². The molecule has 0 fully saturated rings. The van der Waals surface area contributed by atoms with Gasteiger partial charge in [-0.25, -0.2) is 0 Å². The first-order valence-corrected chi connectivity index (χ1v) is 25.2. The van der Waals surface area contributed by atoms with E-state index in [0.29, 0.717) is 17.4 Å². The number of amides is 1. The molecule has 9 heteroatoms. The zero-order chi connectivity index (χ0) is 45.0. The number of hydrogen-bond acceptors (Lipinski definition) is 6. The monoisotopic (exact) mass is 869 g/mol. The maximum Gasteiger partial charge on any atom is 0.268 e. The Balaban J connectivity index is 3.93. The lowest BCUT2D eigenvalue weighted by Crippen LogP contribution is -2.45. The van der Waals surface area contributed by atoms with Gasteiger partial charge in [-0.15, -0.1) is 0 Å². The number of aliphatic hydroxyl groups is 1. The van der Waals surface area contributed by atoms with Crippen LogP contribution in [0.4, 0.5) is 0 Å². The lowest BCUT2D eigenvalue weighted by Gasteiger charge is -2.29. The van der Waals surface area contributed by atoms with E-state index in [4.69, 9.17) is 9.05 Å². The number of phosphoric ester groups is 1. The highest BCUT2D eigenvalue weighted by Crippen LogP contribution is 2.38. The molecular weight excluding hydrogens is 780 g/mol. The second-order valence-electron chi connectivity index (χ2n) is 16.7. The highest BCUT2D eigenvalue weighted by molar-refractivity contribution is 7.45. The van der Waals surface area contributed by atoms with Gasteiger partial charge in [-0.2, -0.15) is 0 Å². The Morgan fingerprint density at radius 1 is 0.590 bits per heavy atom. The molecule has 3 unspecified atom stereocenters. The minimum absolute atomic E-state index is 0.00855. The van der Waals surface area contributed by atoms with Crippen molar-refractivity contribution in [2.24, 2.45) is 0 Å². The Morgan fingerprint density at radius 2 is 1.00 bits per heavy atom. The molecule has 2 N–H and O–H groups in total. The van der Waals surface area contributed by atoms with Crippen LogP contribution in [0.2, 0.25) is 0 Å². The Kier molecular flexibility index (Phi) is 40.5. The number of phosphoric acid groups is 1. The summed E-state index contributed by atoms with van der Waals surface area (Å²) in [6.07, 6.45) is 62.2. The van der Waals surface area contributed by atoms with Gasteiger partial charge in [0.05, 0.1) is 39.9 Å². The molecule has 8 nitrogen and oxygen atoms in total. The van der Waals surface area contributed by atoms with Crippen LogP contribution in [0.3, 0.4) is 0 Å². The average molecular weight is 869 g/mol. The van der Waals surface area contributed by atoms with E-state index in [1.807, 2.05) is 27.2 Å². The van der Waals surface area contributed by atoms with Crippen molar-refractivity contribution < 1.29 is 32.9 Å². The quantitative estimate of drug-likeness (QED) is 0.0274. The molecule has 0 spiro atoms.